The Kier molecular flexibility index (Phi) is 5.79. The van der Waals surface area contributed by atoms with E-state index in [4.69, 9.17) is 27.2 Å². The molecule has 1 rings (SSSR count). The summed E-state index contributed by atoms with van der Waals surface area (Å²) in [5, 5.41) is 11.7. The molecule has 0 heterocycles. The monoisotopic (exact) mass is 300 g/mol. The summed E-state index contributed by atoms with van der Waals surface area (Å²) in [6, 6.07) is 1.95. The highest BCUT2D eigenvalue weighted by atomic mass is 35.5. The van der Waals surface area contributed by atoms with Gasteiger partial charge in [-0.2, -0.15) is 0 Å². The number of carbonyl (C=O) groups is 2. The number of carbonyl (C=O) groups excluding carboxylic acids is 1. The molecule has 1 aromatic rings. The van der Waals surface area contributed by atoms with Crippen LogP contribution >= 0.6 is 11.6 Å². The summed E-state index contributed by atoms with van der Waals surface area (Å²) in [7, 11) is 1.34. The number of nitrogens with one attached hydrogen (secondary N) is 1. The van der Waals surface area contributed by atoms with Crippen molar-refractivity contribution in [2.45, 2.75) is 25.8 Å². The number of benzene rings is 1. The minimum absolute atomic E-state index is 0.0756. The molecular weight excluding hydrogens is 284 g/mol. The summed E-state index contributed by atoms with van der Waals surface area (Å²) in [4.78, 5) is 22.8. The number of carboxylic acids is 1. The second kappa shape index (κ2) is 7.12. The SMILES string of the molecule is CCCC(N)C(=O)Nc1cc(OC)c(C(=O)O)cc1Cl. The van der Waals surface area contributed by atoms with E-state index in [2.05, 4.69) is 5.32 Å². The highest BCUT2D eigenvalue weighted by molar-refractivity contribution is 6.34. The molecule has 0 saturated carbocycles. The molecule has 110 valence electrons. The summed E-state index contributed by atoms with van der Waals surface area (Å²) in [5.74, 6) is -1.43. The van der Waals surface area contributed by atoms with Crippen molar-refractivity contribution in [3.63, 3.8) is 0 Å². The summed E-state index contributed by atoms with van der Waals surface area (Å²) in [5.41, 5.74) is 5.89. The zero-order valence-electron chi connectivity index (χ0n) is 11.3. The zero-order chi connectivity index (χ0) is 15.3. The molecule has 0 aliphatic heterocycles. The number of anilines is 1. The Bertz CT molecular complexity index is 519. The van der Waals surface area contributed by atoms with Crippen LogP contribution in [0.4, 0.5) is 5.69 Å². The van der Waals surface area contributed by atoms with Crippen molar-refractivity contribution in [2.24, 2.45) is 5.73 Å². The third-order valence-electron chi connectivity index (χ3n) is 2.71. The van der Waals surface area contributed by atoms with Crippen LogP contribution in [0.5, 0.6) is 5.75 Å². The first kappa shape index (κ1) is 16.3. The van der Waals surface area contributed by atoms with Crippen LogP contribution in [0.2, 0.25) is 5.02 Å². The molecule has 6 nitrogen and oxygen atoms in total. The van der Waals surface area contributed by atoms with Crippen LogP contribution in [0.1, 0.15) is 30.1 Å². The van der Waals surface area contributed by atoms with E-state index in [-0.39, 0.29) is 27.9 Å². The molecule has 0 aliphatic carbocycles. The van der Waals surface area contributed by atoms with E-state index in [1.54, 1.807) is 0 Å². The molecule has 4 N–H and O–H groups in total. The molecule has 7 heteroatoms. The maximum absolute atomic E-state index is 11.8. The summed E-state index contributed by atoms with van der Waals surface area (Å²) in [6.07, 6.45) is 1.33. The Balaban J connectivity index is 3.02. The van der Waals surface area contributed by atoms with E-state index in [0.717, 1.165) is 6.42 Å². The molecule has 1 atom stereocenters. The fraction of sp³-hybridized carbons (Fsp3) is 0.385. The van der Waals surface area contributed by atoms with Crippen LogP contribution in [-0.4, -0.2) is 30.1 Å². The number of nitrogens with two attached hydrogens (primary N) is 1. The van der Waals surface area contributed by atoms with E-state index in [9.17, 15) is 9.59 Å². The lowest BCUT2D eigenvalue weighted by molar-refractivity contribution is -0.117. The minimum atomic E-state index is -1.16. The van der Waals surface area contributed by atoms with Crippen molar-refractivity contribution in [3.8, 4) is 5.75 Å². The molecule has 0 radical (unpaired) electrons. The first-order valence-corrected chi connectivity index (χ1v) is 6.45. The minimum Gasteiger partial charge on any atom is -0.496 e. The molecule has 0 saturated heterocycles. The van der Waals surface area contributed by atoms with Gasteiger partial charge in [0.05, 0.1) is 23.9 Å². The van der Waals surface area contributed by atoms with Gasteiger partial charge in [-0.25, -0.2) is 4.79 Å². The van der Waals surface area contributed by atoms with Gasteiger partial charge < -0.3 is 20.9 Å². The molecule has 0 aliphatic rings. The van der Waals surface area contributed by atoms with Gasteiger partial charge in [-0.05, 0) is 12.5 Å². The number of aromatic carboxylic acids is 1. The van der Waals surface area contributed by atoms with Gasteiger partial charge in [0, 0.05) is 6.07 Å². The van der Waals surface area contributed by atoms with Gasteiger partial charge in [-0.15, -0.1) is 0 Å². The maximum Gasteiger partial charge on any atom is 0.339 e. The van der Waals surface area contributed by atoms with Gasteiger partial charge in [-0.1, -0.05) is 24.9 Å². The Hall–Kier alpha value is -1.79. The standard InChI is InChI=1S/C13H17ClN2O4/c1-3-4-9(15)12(17)16-10-6-11(20-2)7(13(18)19)5-8(10)14/h5-6,9H,3-4,15H2,1-2H3,(H,16,17)(H,18,19). The normalized spacial score (nSPS) is 11.8. The number of ether oxygens (including phenoxy) is 1. The molecule has 1 unspecified atom stereocenters. The van der Waals surface area contributed by atoms with E-state index >= 15 is 0 Å². The molecule has 20 heavy (non-hydrogen) atoms. The second-order valence-corrected chi connectivity index (χ2v) is 4.63. The largest absolute Gasteiger partial charge is 0.496 e. The van der Waals surface area contributed by atoms with Crippen LogP contribution in [0, 0.1) is 0 Å². The van der Waals surface area contributed by atoms with E-state index in [0.29, 0.717) is 6.42 Å². The summed E-state index contributed by atoms with van der Waals surface area (Å²) in [6.45, 7) is 1.92. The summed E-state index contributed by atoms with van der Waals surface area (Å²) < 4.78 is 4.97. The number of hydrogen-bond donors (Lipinski definition) is 3. The highest BCUT2D eigenvalue weighted by Crippen LogP contribution is 2.31. The molecule has 0 spiro atoms. The Morgan fingerprint density at radius 3 is 2.65 bits per heavy atom. The maximum atomic E-state index is 11.8. The van der Waals surface area contributed by atoms with Gasteiger partial charge in [-0.3, -0.25) is 4.79 Å². The lowest BCUT2D eigenvalue weighted by Gasteiger charge is -2.14. The average molecular weight is 301 g/mol. The van der Waals surface area contributed by atoms with E-state index in [1.807, 2.05) is 6.92 Å². The van der Waals surface area contributed by atoms with E-state index in [1.165, 1.54) is 19.2 Å². The lowest BCUT2D eigenvalue weighted by Crippen LogP contribution is -2.35. The van der Waals surface area contributed by atoms with Gasteiger partial charge in [0.25, 0.3) is 0 Å². The van der Waals surface area contributed by atoms with Crippen LogP contribution in [-0.2, 0) is 4.79 Å². The second-order valence-electron chi connectivity index (χ2n) is 4.22. The van der Waals surface area contributed by atoms with Crippen molar-refractivity contribution in [2.75, 3.05) is 12.4 Å². The first-order valence-electron chi connectivity index (χ1n) is 6.08. The van der Waals surface area contributed by atoms with Gasteiger partial charge in [0.15, 0.2) is 0 Å². The van der Waals surface area contributed by atoms with Crippen LogP contribution in [0.3, 0.4) is 0 Å². The van der Waals surface area contributed by atoms with Crippen LogP contribution in [0.25, 0.3) is 0 Å². The molecule has 0 bridgehead atoms. The van der Waals surface area contributed by atoms with Gasteiger partial charge in [0.1, 0.15) is 11.3 Å². The van der Waals surface area contributed by atoms with Gasteiger partial charge in [0.2, 0.25) is 5.91 Å². The van der Waals surface area contributed by atoms with Gasteiger partial charge >= 0.3 is 5.97 Å². The van der Waals surface area contributed by atoms with Crippen molar-refractivity contribution >= 4 is 29.2 Å². The van der Waals surface area contributed by atoms with Crippen LogP contribution < -0.4 is 15.8 Å². The topological polar surface area (TPSA) is 102 Å². The number of hydrogen-bond acceptors (Lipinski definition) is 4. The predicted octanol–water partition coefficient (Wildman–Crippen LogP) is 2.11. The molecular formula is C13H17ClN2O4. The number of halogens is 1. The van der Waals surface area contributed by atoms with E-state index < -0.39 is 12.0 Å². The fourth-order valence-electron chi connectivity index (χ4n) is 1.65. The number of amides is 1. The smallest absolute Gasteiger partial charge is 0.339 e. The first-order chi connectivity index (χ1) is 9.40. The number of methoxy groups -OCH3 is 1. The Morgan fingerprint density at radius 1 is 1.50 bits per heavy atom. The molecule has 0 fully saturated rings. The quantitative estimate of drug-likeness (QED) is 0.747. The number of rotatable bonds is 6. The van der Waals surface area contributed by atoms with Crippen LogP contribution in [0.15, 0.2) is 12.1 Å². The zero-order valence-corrected chi connectivity index (χ0v) is 12.0. The van der Waals surface area contributed by atoms with Crippen molar-refractivity contribution in [1.82, 2.24) is 0 Å². The van der Waals surface area contributed by atoms with Crippen molar-refractivity contribution < 1.29 is 19.4 Å². The lowest BCUT2D eigenvalue weighted by atomic mass is 10.1. The third kappa shape index (κ3) is 3.85. The molecule has 1 amide bonds. The number of carboxylic acid groups (broad SMARTS) is 1. The average Bonchev–Trinajstić information content (AvgIpc) is 2.40. The van der Waals surface area contributed by atoms with Crippen molar-refractivity contribution in [1.29, 1.82) is 0 Å². The van der Waals surface area contributed by atoms with Crippen molar-refractivity contribution in [3.05, 3.63) is 22.7 Å². The molecule has 1 aromatic carbocycles. The Morgan fingerprint density at radius 2 is 2.15 bits per heavy atom. The Labute approximate surface area is 121 Å². The predicted molar refractivity (Wildman–Crippen MR) is 76.5 cm³/mol. The fourth-order valence-corrected chi connectivity index (χ4v) is 1.86. The third-order valence-corrected chi connectivity index (χ3v) is 3.03. The summed E-state index contributed by atoms with van der Waals surface area (Å²) >= 11 is 5.95. The highest BCUT2D eigenvalue weighted by Gasteiger charge is 2.18. The molecule has 0 aromatic heterocycles.